The summed E-state index contributed by atoms with van der Waals surface area (Å²) in [6, 6.07) is 0. The Bertz CT molecular complexity index is 271. The molecule has 0 aliphatic heterocycles. The molecule has 0 aromatic rings. The van der Waals surface area contributed by atoms with Crippen molar-refractivity contribution >= 4 is 11.8 Å². The number of rotatable bonds is 3. The van der Waals surface area contributed by atoms with Crippen molar-refractivity contribution in [2.45, 2.75) is 39.0 Å². The second-order valence-corrected chi connectivity index (χ2v) is 4.16. The van der Waals surface area contributed by atoms with E-state index in [0.29, 0.717) is 12.3 Å². The number of hydrogen-bond acceptors (Lipinski definition) is 2. The Balaban J connectivity index is 2.27. The third kappa shape index (κ3) is 3.86. The Hall–Kier alpha value is -1.12. The molecule has 0 heterocycles. The van der Waals surface area contributed by atoms with Gasteiger partial charge in [0.05, 0.1) is 0 Å². The average molecular weight is 209 g/mol. The van der Waals surface area contributed by atoms with Crippen molar-refractivity contribution in [2.24, 2.45) is 5.92 Å². The smallest absolute Gasteiger partial charge is 0.228 e. The molecule has 0 radical (unpaired) electrons. The van der Waals surface area contributed by atoms with Crippen LogP contribution in [0.15, 0.2) is 12.2 Å². The van der Waals surface area contributed by atoms with Gasteiger partial charge >= 0.3 is 0 Å². The minimum atomic E-state index is -0.177. The molecular weight excluding hydrogens is 190 g/mol. The summed E-state index contributed by atoms with van der Waals surface area (Å²) < 4.78 is 0. The number of amides is 2. The Morgan fingerprint density at radius 3 is 2.67 bits per heavy atom. The standard InChI is InChI=1S/C12H19NO2/c1-10(14)13(2)12(15)9-8-11-6-4-3-5-7-11/h3-4,11H,5-9H2,1-2H3. The van der Waals surface area contributed by atoms with Crippen LogP contribution in [-0.4, -0.2) is 23.8 Å². The van der Waals surface area contributed by atoms with E-state index < -0.39 is 0 Å². The predicted octanol–water partition coefficient (Wildman–Crippen LogP) is 2.13. The van der Waals surface area contributed by atoms with Crippen LogP contribution in [0.3, 0.4) is 0 Å². The van der Waals surface area contributed by atoms with Gasteiger partial charge in [-0.25, -0.2) is 0 Å². The van der Waals surface area contributed by atoms with E-state index in [1.807, 2.05) is 0 Å². The van der Waals surface area contributed by atoms with Crippen LogP contribution in [0.5, 0.6) is 0 Å². The number of imide groups is 1. The molecule has 0 N–H and O–H groups in total. The molecule has 3 heteroatoms. The summed E-state index contributed by atoms with van der Waals surface area (Å²) in [6.07, 6.45) is 9.16. The van der Waals surface area contributed by atoms with Crippen molar-refractivity contribution in [3.8, 4) is 0 Å². The van der Waals surface area contributed by atoms with E-state index in [9.17, 15) is 9.59 Å². The van der Waals surface area contributed by atoms with Gasteiger partial charge in [0, 0.05) is 20.4 Å². The Morgan fingerprint density at radius 2 is 2.13 bits per heavy atom. The second kappa shape index (κ2) is 5.69. The molecule has 0 aromatic carbocycles. The molecule has 1 aliphatic rings. The number of carbonyl (C=O) groups excluding carboxylic acids is 2. The van der Waals surface area contributed by atoms with Gasteiger partial charge in [-0.2, -0.15) is 0 Å². The molecule has 15 heavy (non-hydrogen) atoms. The summed E-state index contributed by atoms with van der Waals surface area (Å²) >= 11 is 0. The van der Waals surface area contributed by atoms with Gasteiger partial charge in [-0.1, -0.05) is 12.2 Å². The van der Waals surface area contributed by atoms with Crippen LogP contribution in [-0.2, 0) is 9.59 Å². The lowest BCUT2D eigenvalue weighted by Crippen LogP contribution is -2.31. The van der Waals surface area contributed by atoms with Gasteiger partial charge in [0.25, 0.3) is 0 Å². The lowest BCUT2D eigenvalue weighted by molar-refractivity contribution is -0.141. The van der Waals surface area contributed by atoms with Crippen LogP contribution in [0, 0.1) is 5.92 Å². The van der Waals surface area contributed by atoms with E-state index in [1.165, 1.54) is 18.2 Å². The third-order valence-electron chi connectivity index (χ3n) is 2.99. The molecule has 1 unspecified atom stereocenters. The van der Waals surface area contributed by atoms with Crippen molar-refractivity contribution < 1.29 is 9.59 Å². The fraction of sp³-hybridized carbons (Fsp3) is 0.667. The molecule has 1 rings (SSSR count). The first kappa shape index (κ1) is 12.0. The molecule has 1 atom stereocenters. The summed E-state index contributed by atoms with van der Waals surface area (Å²) in [5.74, 6) is 0.389. The van der Waals surface area contributed by atoms with E-state index in [4.69, 9.17) is 0 Å². The topological polar surface area (TPSA) is 37.4 Å². The second-order valence-electron chi connectivity index (χ2n) is 4.16. The van der Waals surface area contributed by atoms with Gasteiger partial charge in [-0.15, -0.1) is 0 Å². The van der Waals surface area contributed by atoms with Gasteiger partial charge in [-0.3, -0.25) is 14.5 Å². The summed E-state index contributed by atoms with van der Waals surface area (Å²) in [4.78, 5) is 23.7. The van der Waals surface area contributed by atoms with Crippen LogP contribution in [0.2, 0.25) is 0 Å². The Labute approximate surface area is 91.1 Å². The summed E-state index contributed by atoms with van der Waals surface area (Å²) in [7, 11) is 1.55. The first-order valence-electron chi connectivity index (χ1n) is 5.53. The highest BCUT2D eigenvalue weighted by atomic mass is 16.2. The molecule has 0 fully saturated rings. The lowest BCUT2D eigenvalue weighted by Gasteiger charge is -2.18. The maximum absolute atomic E-state index is 11.5. The van der Waals surface area contributed by atoms with Crippen molar-refractivity contribution in [1.82, 2.24) is 4.90 Å². The van der Waals surface area contributed by atoms with E-state index in [2.05, 4.69) is 12.2 Å². The third-order valence-corrected chi connectivity index (χ3v) is 2.99. The van der Waals surface area contributed by atoms with Crippen LogP contribution in [0.4, 0.5) is 0 Å². The molecule has 0 bridgehead atoms. The van der Waals surface area contributed by atoms with Gasteiger partial charge in [-0.05, 0) is 31.6 Å². The number of allylic oxidation sites excluding steroid dienone is 2. The summed E-state index contributed by atoms with van der Waals surface area (Å²) in [6.45, 7) is 1.42. The largest absolute Gasteiger partial charge is 0.286 e. The van der Waals surface area contributed by atoms with Gasteiger partial charge in [0.2, 0.25) is 11.8 Å². The number of nitrogens with zero attached hydrogens (tertiary/aromatic N) is 1. The molecule has 0 saturated heterocycles. The fourth-order valence-electron chi connectivity index (χ4n) is 1.79. The van der Waals surface area contributed by atoms with Crippen LogP contribution >= 0.6 is 0 Å². The SMILES string of the molecule is CC(=O)N(C)C(=O)CCC1CC=CCC1. The monoisotopic (exact) mass is 209 g/mol. The van der Waals surface area contributed by atoms with Gasteiger partial charge in [0.1, 0.15) is 0 Å². The first-order valence-corrected chi connectivity index (χ1v) is 5.53. The fourth-order valence-corrected chi connectivity index (χ4v) is 1.79. The van der Waals surface area contributed by atoms with Crippen molar-refractivity contribution in [3.63, 3.8) is 0 Å². The van der Waals surface area contributed by atoms with E-state index in [1.54, 1.807) is 7.05 Å². The molecular formula is C12H19NO2. The van der Waals surface area contributed by atoms with Crippen LogP contribution in [0.25, 0.3) is 0 Å². The molecule has 0 spiro atoms. The average Bonchev–Trinajstić information content (AvgIpc) is 2.26. The van der Waals surface area contributed by atoms with Crippen LogP contribution in [0.1, 0.15) is 39.0 Å². The highest BCUT2D eigenvalue weighted by Gasteiger charge is 2.16. The first-order chi connectivity index (χ1) is 7.11. The zero-order valence-corrected chi connectivity index (χ0v) is 9.53. The highest BCUT2D eigenvalue weighted by molar-refractivity contribution is 5.93. The molecule has 3 nitrogen and oxygen atoms in total. The predicted molar refractivity (Wildman–Crippen MR) is 59.2 cm³/mol. The molecule has 84 valence electrons. The van der Waals surface area contributed by atoms with Crippen molar-refractivity contribution in [1.29, 1.82) is 0 Å². The van der Waals surface area contributed by atoms with E-state index >= 15 is 0 Å². The Morgan fingerprint density at radius 1 is 1.40 bits per heavy atom. The normalized spacial score (nSPS) is 20.0. The van der Waals surface area contributed by atoms with Gasteiger partial charge in [0.15, 0.2) is 0 Å². The zero-order chi connectivity index (χ0) is 11.3. The molecule has 2 amide bonds. The maximum atomic E-state index is 11.5. The minimum Gasteiger partial charge on any atom is -0.286 e. The van der Waals surface area contributed by atoms with E-state index in [-0.39, 0.29) is 11.8 Å². The van der Waals surface area contributed by atoms with Crippen LogP contribution < -0.4 is 0 Å². The zero-order valence-electron chi connectivity index (χ0n) is 9.53. The number of hydrogen-bond donors (Lipinski definition) is 0. The minimum absolute atomic E-state index is 0.0583. The molecule has 1 aliphatic carbocycles. The quantitative estimate of drug-likeness (QED) is 0.668. The molecule has 0 aromatic heterocycles. The van der Waals surface area contributed by atoms with Crippen molar-refractivity contribution in [3.05, 3.63) is 12.2 Å². The van der Waals surface area contributed by atoms with Crippen molar-refractivity contribution in [2.75, 3.05) is 7.05 Å². The van der Waals surface area contributed by atoms with Gasteiger partial charge < -0.3 is 0 Å². The maximum Gasteiger partial charge on any atom is 0.228 e. The summed E-state index contributed by atoms with van der Waals surface area (Å²) in [5.41, 5.74) is 0. The summed E-state index contributed by atoms with van der Waals surface area (Å²) in [5, 5.41) is 0. The Kier molecular flexibility index (Phi) is 4.53. The lowest BCUT2D eigenvalue weighted by atomic mass is 9.90. The van der Waals surface area contributed by atoms with E-state index in [0.717, 1.165) is 19.3 Å². The highest BCUT2D eigenvalue weighted by Crippen LogP contribution is 2.22. The molecule has 0 saturated carbocycles. The number of carbonyl (C=O) groups is 2.